The van der Waals surface area contributed by atoms with E-state index in [2.05, 4.69) is 20.4 Å². The summed E-state index contributed by atoms with van der Waals surface area (Å²) in [5, 5.41) is 6.22. The zero-order chi connectivity index (χ0) is 31.1. The summed E-state index contributed by atoms with van der Waals surface area (Å²) in [4.78, 5) is 21.6. The molecule has 0 radical (unpaired) electrons. The van der Waals surface area contributed by atoms with Gasteiger partial charge < -0.3 is 5.32 Å². The van der Waals surface area contributed by atoms with E-state index in [1.807, 2.05) is 19.1 Å². The first kappa shape index (κ1) is 30.4. The number of aromatic nitrogens is 2. The summed E-state index contributed by atoms with van der Waals surface area (Å²) in [6.45, 7) is 0.798. The van der Waals surface area contributed by atoms with E-state index in [9.17, 15) is 39.9 Å². The summed E-state index contributed by atoms with van der Waals surface area (Å²) in [5.74, 6) is -13.1. The van der Waals surface area contributed by atoms with Crippen LogP contribution in [0.5, 0.6) is 0 Å². The average molecular weight is 612 g/mol. The van der Waals surface area contributed by atoms with Gasteiger partial charge in [0.2, 0.25) is 5.91 Å². The largest absolute Gasteiger partial charge is 0.346 e. The molecule has 3 atom stereocenters. The van der Waals surface area contributed by atoms with Gasteiger partial charge in [-0.3, -0.25) is 9.80 Å². The van der Waals surface area contributed by atoms with Gasteiger partial charge in [-0.05, 0) is 36.6 Å². The number of hydrogen-bond acceptors (Lipinski definition) is 5. The number of benzene rings is 2. The number of amides is 1. The molecule has 43 heavy (non-hydrogen) atoms. The SMILES string of the molecule is Cc1ccc(-c2cncnc2C(Cc2cc(F)cc(F)c2)NC(=O)CN2N=C(C(F)F)C3C2C(F)(F)CCC3(F)F)cc1. The van der Waals surface area contributed by atoms with Crippen molar-refractivity contribution in [2.45, 2.75) is 56.5 Å². The Morgan fingerprint density at radius 3 is 2.33 bits per heavy atom. The number of carbonyl (C=O) groups is 1. The van der Waals surface area contributed by atoms with Gasteiger partial charge in [0, 0.05) is 30.7 Å². The number of alkyl halides is 6. The van der Waals surface area contributed by atoms with Crippen LogP contribution in [-0.4, -0.2) is 57.5 Å². The number of carbonyl (C=O) groups excluding carboxylic acids is 1. The predicted molar refractivity (Wildman–Crippen MR) is 140 cm³/mol. The normalized spacial score (nSPS) is 21.3. The minimum Gasteiger partial charge on any atom is -0.346 e. The third-order valence-corrected chi connectivity index (χ3v) is 7.54. The van der Waals surface area contributed by atoms with Crippen molar-refractivity contribution in [3.63, 3.8) is 0 Å². The monoisotopic (exact) mass is 611 g/mol. The smallest absolute Gasteiger partial charge is 0.278 e. The van der Waals surface area contributed by atoms with Crippen molar-refractivity contribution in [3.8, 4) is 11.1 Å². The molecule has 1 saturated carbocycles. The van der Waals surface area contributed by atoms with Gasteiger partial charge in [0.1, 0.15) is 36.3 Å². The quantitative estimate of drug-likeness (QED) is 0.312. The number of halogens is 8. The Morgan fingerprint density at radius 1 is 1.02 bits per heavy atom. The van der Waals surface area contributed by atoms with E-state index in [1.165, 1.54) is 12.5 Å². The Hall–Kier alpha value is -4.10. The molecule has 0 bridgehead atoms. The standard InChI is InChI=1S/C29H25F8N5O/c1-15-2-4-17(5-3-15)20-12-38-14-39-24(20)21(10-16-8-18(30)11-19(31)9-16)40-22(43)13-42-26-23(25(41-42)27(32)33)28(34,35)6-7-29(26,36)37/h2-5,8-9,11-12,14,21,23,26-27H,6-7,10,13H2,1H3,(H,40,43). The van der Waals surface area contributed by atoms with Gasteiger partial charge in [0.15, 0.2) is 0 Å². The van der Waals surface area contributed by atoms with E-state index in [1.54, 1.807) is 12.1 Å². The molecule has 6 nitrogen and oxygen atoms in total. The number of aryl methyl sites for hydroxylation is 1. The maximum absolute atomic E-state index is 14.9. The molecule has 1 amide bonds. The number of fused-ring (bicyclic) bond motifs is 1. The van der Waals surface area contributed by atoms with E-state index in [4.69, 9.17) is 0 Å². The number of nitrogens with one attached hydrogen (secondary N) is 1. The third-order valence-electron chi connectivity index (χ3n) is 7.54. The van der Waals surface area contributed by atoms with E-state index in [0.29, 0.717) is 17.2 Å². The molecule has 228 valence electrons. The van der Waals surface area contributed by atoms with Crippen molar-refractivity contribution >= 4 is 11.6 Å². The van der Waals surface area contributed by atoms with Gasteiger partial charge in [-0.15, -0.1) is 0 Å². The summed E-state index contributed by atoms with van der Waals surface area (Å²) in [7, 11) is 0. The number of rotatable bonds is 8. The van der Waals surface area contributed by atoms with Gasteiger partial charge in [0.05, 0.1) is 17.7 Å². The summed E-state index contributed by atoms with van der Waals surface area (Å²) in [6.07, 6.45) is -3.74. The molecule has 1 aromatic heterocycles. The fourth-order valence-corrected chi connectivity index (χ4v) is 5.61. The highest BCUT2D eigenvalue weighted by Gasteiger charge is 2.66. The Bertz CT molecular complexity index is 1510. The maximum Gasteiger partial charge on any atom is 0.278 e. The van der Waals surface area contributed by atoms with Crippen molar-refractivity contribution < 1.29 is 39.9 Å². The number of hydrogen-bond donors (Lipinski definition) is 1. The van der Waals surface area contributed by atoms with Crippen LogP contribution >= 0.6 is 0 Å². The first-order valence-corrected chi connectivity index (χ1v) is 13.3. The Balaban J connectivity index is 1.48. The fourth-order valence-electron chi connectivity index (χ4n) is 5.61. The van der Waals surface area contributed by atoms with Crippen LogP contribution in [0.25, 0.3) is 11.1 Å². The summed E-state index contributed by atoms with van der Waals surface area (Å²) in [5.41, 5.74) is 0.897. The molecule has 2 aromatic carbocycles. The highest BCUT2D eigenvalue weighted by atomic mass is 19.3. The maximum atomic E-state index is 14.9. The first-order valence-electron chi connectivity index (χ1n) is 13.3. The van der Waals surface area contributed by atoms with E-state index < -0.39 is 78.9 Å². The average Bonchev–Trinajstić information content (AvgIpc) is 3.33. The van der Waals surface area contributed by atoms with Gasteiger partial charge in [0.25, 0.3) is 18.3 Å². The van der Waals surface area contributed by atoms with Crippen molar-refractivity contribution in [2.75, 3.05) is 6.54 Å². The minimum atomic E-state index is -3.89. The van der Waals surface area contributed by atoms with E-state index >= 15 is 0 Å². The molecule has 1 N–H and O–H groups in total. The lowest BCUT2D eigenvalue weighted by Gasteiger charge is -2.41. The molecular weight excluding hydrogens is 586 g/mol. The molecule has 1 fully saturated rings. The lowest BCUT2D eigenvalue weighted by atomic mass is 9.76. The molecule has 1 aliphatic carbocycles. The topological polar surface area (TPSA) is 70.5 Å². The minimum absolute atomic E-state index is 0.106. The molecule has 0 spiro atoms. The van der Waals surface area contributed by atoms with Crippen molar-refractivity contribution in [3.05, 3.63) is 83.4 Å². The molecule has 3 unspecified atom stereocenters. The zero-order valence-electron chi connectivity index (χ0n) is 22.6. The molecule has 2 aliphatic rings. The van der Waals surface area contributed by atoms with Gasteiger partial charge in [-0.25, -0.2) is 45.1 Å². The molecule has 0 saturated heterocycles. The highest BCUT2D eigenvalue weighted by molar-refractivity contribution is 5.93. The summed E-state index contributed by atoms with van der Waals surface area (Å²) < 4.78 is 114. The first-order chi connectivity index (χ1) is 20.2. The molecule has 1 aliphatic heterocycles. The van der Waals surface area contributed by atoms with E-state index in [-0.39, 0.29) is 22.7 Å². The number of nitrogens with zero attached hydrogens (tertiary/aromatic N) is 4. The van der Waals surface area contributed by atoms with E-state index in [0.717, 1.165) is 17.7 Å². The van der Waals surface area contributed by atoms with Crippen molar-refractivity contribution in [1.29, 1.82) is 0 Å². The van der Waals surface area contributed by atoms with Gasteiger partial charge >= 0.3 is 0 Å². The van der Waals surface area contributed by atoms with Crippen LogP contribution in [0.15, 0.2) is 60.1 Å². The Labute approximate surface area is 240 Å². The lowest BCUT2D eigenvalue weighted by Crippen LogP contribution is -2.59. The van der Waals surface area contributed by atoms with Crippen LogP contribution in [-0.2, 0) is 11.2 Å². The Kier molecular flexibility index (Phi) is 8.14. The highest BCUT2D eigenvalue weighted by Crippen LogP contribution is 2.51. The number of hydrazone groups is 1. The zero-order valence-corrected chi connectivity index (χ0v) is 22.6. The molecule has 2 heterocycles. The van der Waals surface area contributed by atoms with Crippen molar-refractivity contribution in [1.82, 2.24) is 20.3 Å². The van der Waals surface area contributed by atoms with Crippen LogP contribution in [0.1, 0.15) is 35.7 Å². The third kappa shape index (κ3) is 6.32. The molecule has 3 aromatic rings. The van der Waals surface area contributed by atoms with Gasteiger partial charge in [-0.1, -0.05) is 29.8 Å². The van der Waals surface area contributed by atoms with Crippen LogP contribution in [0, 0.1) is 24.5 Å². The van der Waals surface area contributed by atoms with Crippen LogP contribution in [0.4, 0.5) is 35.1 Å². The predicted octanol–water partition coefficient (Wildman–Crippen LogP) is 6.12. The summed E-state index contributed by atoms with van der Waals surface area (Å²) in [6, 6.07) is 6.25. The second-order valence-corrected chi connectivity index (χ2v) is 10.7. The van der Waals surface area contributed by atoms with Crippen LogP contribution in [0.2, 0.25) is 0 Å². The van der Waals surface area contributed by atoms with Crippen LogP contribution < -0.4 is 5.32 Å². The fraction of sp³-hybridized carbons (Fsp3) is 0.379. The second-order valence-electron chi connectivity index (χ2n) is 10.7. The second kappa shape index (κ2) is 11.5. The Morgan fingerprint density at radius 2 is 1.67 bits per heavy atom. The van der Waals surface area contributed by atoms with Gasteiger partial charge in [-0.2, -0.15) is 5.10 Å². The molecule has 5 rings (SSSR count). The lowest BCUT2D eigenvalue weighted by molar-refractivity contribution is -0.185. The molecular formula is C29H25F8N5O. The van der Waals surface area contributed by atoms with Crippen LogP contribution in [0.3, 0.4) is 0 Å². The molecule has 14 heteroatoms. The summed E-state index contributed by atoms with van der Waals surface area (Å²) >= 11 is 0. The van der Waals surface area contributed by atoms with Crippen molar-refractivity contribution in [2.24, 2.45) is 11.0 Å².